The van der Waals surface area contributed by atoms with E-state index in [1.165, 1.54) is 36.0 Å². The summed E-state index contributed by atoms with van der Waals surface area (Å²) in [5, 5.41) is 15.7. The number of non-ortho nitro benzene ring substituents is 1. The Kier molecular flexibility index (Phi) is 9.34. The first-order chi connectivity index (χ1) is 21.7. The minimum Gasteiger partial charge on any atom is -0.497 e. The van der Waals surface area contributed by atoms with Gasteiger partial charge in [-0.3, -0.25) is 29.3 Å². The Morgan fingerprint density at radius 2 is 1.67 bits per heavy atom. The van der Waals surface area contributed by atoms with Gasteiger partial charge in [-0.15, -0.1) is 11.8 Å². The molecule has 0 spiro atoms. The summed E-state index contributed by atoms with van der Waals surface area (Å²) >= 11 is 1.17. The van der Waals surface area contributed by atoms with Crippen LogP contribution in [0.4, 0.5) is 17.1 Å². The van der Waals surface area contributed by atoms with Crippen LogP contribution in [0.3, 0.4) is 0 Å². The fourth-order valence-corrected chi connectivity index (χ4v) is 5.62. The summed E-state index contributed by atoms with van der Waals surface area (Å²) in [6.07, 6.45) is 1.49. The lowest BCUT2D eigenvalue weighted by Crippen LogP contribution is -2.31. The molecule has 0 saturated carbocycles. The highest BCUT2D eigenvalue weighted by Gasteiger charge is 2.40. The van der Waals surface area contributed by atoms with Crippen LogP contribution in [0.1, 0.15) is 22.3 Å². The van der Waals surface area contributed by atoms with Crippen LogP contribution < -0.4 is 20.3 Å². The number of thioether (sulfide) groups is 1. The van der Waals surface area contributed by atoms with E-state index < -0.39 is 33.8 Å². The molecule has 0 aromatic heterocycles. The largest absolute Gasteiger partial charge is 0.497 e. The lowest BCUT2D eigenvalue weighted by atomic mass is 10.1. The van der Waals surface area contributed by atoms with Crippen molar-refractivity contribution >= 4 is 58.5 Å². The Hall–Kier alpha value is -5.75. The van der Waals surface area contributed by atoms with Gasteiger partial charge in [0.2, 0.25) is 11.8 Å². The van der Waals surface area contributed by atoms with Crippen molar-refractivity contribution in [2.45, 2.75) is 16.6 Å². The number of carbonyl (C=O) groups excluding carboxylic acids is 4. The highest BCUT2D eigenvalue weighted by Crippen LogP contribution is 2.35. The van der Waals surface area contributed by atoms with Gasteiger partial charge in [0.25, 0.3) is 17.5 Å². The fraction of sp³-hybridized carbons (Fsp3) is 0.0909. The molecular formula is C33H26N4O7S. The second-order valence-electron chi connectivity index (χ2n) is 9.78. The second-order valence-corrected chi connectivity index (χ2v) is 11.1. The van der Waals surface area contributed by atoms with Crippen molar-refractivity contribution in [2.75, 3.05) is 17.3 Å². The van der Waals surface area contributed by atoms with Gasteiger partial charge in [0.1, 0.15) is 11.4 Å². The van der Waals surface area contributed by atoms with E-state index in [4.69, 9.17) is 4.74 Å². The number of rotatable bonds is 10. The number of ether oxygens (including phenoxy) is 1. The average Bonchev–Trinajstić information content (AvgIpc) is 3.33. The maximum absolute atomic E-state index is 13.5. The molecule has 5 rings (SSSR count). The summed E-state index contributed by atoms with van der Waals surface area (Å²) in [7, 11) is 1.55. The molecule has 1 aliphatic rings. The van der Waals surface area contributed by atoms with Gasteiger partial charge in [-0.05, 0) is 66.2 Å². The molecule has 4 aromatic rings. The number of carbonyl (C=O) groups is 4. The number of methoxy groups -OCH3 is 1. The molecule has 1 heterocycles. The molecule has 4 amide bonds. The molecule has 45 heavy (non-hydrogen) atoms. The van der Waals surface area contributed by atoms with Crippen molar-refractivity contribution < 1.29 is 28.8 Å². The summed E-state index contributed by atoms with van der Waals surface area (Å²) in [6.45, 7) is 0. The molecule has 1 atom stereocenters. The third kappa shape index (κ3) is 7.43. The maximum atomic E-state index is 13.5. The number of benzene rings is 4. The van der Waals surface area contributed by atoms with Crippen LogP contribution >= 0.6 is 11.8 Å². The van der Waals surface area contributed by atoms with E-state index in [1.807, 2.05) is 0 Å². The molecule has 226 valence electrons. The number of imide groups is 1. The van der Waals surface area contributed by atoms with Crippen LogP contribution in [-0.2, 0) is 14.4 Å². The fourth-order valence-electron chi connectivity index (χ4n) is 4.51. The lowest BCUT2D eigenvalue weighted by molar-refractivity contribution is -0.384. The molecule has 1 aliphatic heterocycles. The molecule has 1 saturated heterocycles. The zero-order valence-corrected chi connectivity index (χ0v) is 24.7. The van der Waals surface area contributed by atoms with Gasteiger partial charge in [-0.1, -0.05) is 36.4 Å². The van der Waals surface area contributed by atoms with Gasteiger partial charge >= 0.3 is 0 Å². The van der Waals surface area contributed by atoms with E-state index in [9.17, 15) is 29.3 Å². The van der Waals surface area contributed by atoms with Crippen LogP contribution in [0, 0.1) is 10.1 Å². The zero-order valence-electron chi connectivity index (χ0n) is 23.8. The van der Waals surface area contributed by atoms with Gasteiger partial charge in [0, 0.05) is 34.7 Å². The van der Waals surface area contributed by atoms with E-state index in [0.717, 1.165) is 4.90 Å². The van der Waals surface area contributed by atoms with Crippen LogP contribution in [0.2, 0.25) is 0 Å². The maximum Gasteiger partial charge on any atom is 0.272 e. The summed E-state index contributed by atoms with van der Waals surface area (Å²) < 4.78 is 5.20. The highest BCUT2D eigenvalue weighted by atomic mass is 32.2. The minimum atomic E-state index is -0.727. The monoisotopic (exact) mass is 622 g/mol. The van der Waals surface area contributed by atoms with Crippen molar-refractivity contribution in [1.82, 2.24) is 5.32 Å². The summed E-state index contributed by atoms with van der Waals surface area (Å²) in [5.74, 6) is -1.26. The number of anilines is 2. The molecular weight excluding hydrogens is 596 g/mol. The molecule has 0 aliphatic carbocycles. The molecule has 2 N–H and O–H groups in total. The summed E-state index contributed by atoms with van der Waals surface area (Å²) in [6, 6.07) is 27.4. The minimum absolute atomic E-state index is 0.00221. The number of hydrogen-bond acceptors (Lipinski definition) is 8. The normalized spacial score (nSPS) is 14.6. The van der Waals surface area contributed by atoms with Crippen molar-refractivity contribution in [3.8, 4) is 5.75 Å². The lowest BCUT2D eigenvalue weighted by Gasteiger charge is -2.15. The topological polar surface area (TPSA) is 148 Å². The summed E-state index contributed by atoms with van der Waals surface area (Å²) in [4.78, 5) is 64.3. The third-order valence-corrected chi connectivity index (χ3v) is 7.93. The van der Waals surface area contributed by atoms with Crippen molar-refractivity contribution in [1.29, 1.82) is 0 Å². The van der Waals surface area contributed by atoms with E-state index in [2.05, 4.69) is 10.6 Å². The first kappa shape index (κ1) is 30.7. The van der Waals surface area contributed by atoms with Gasteiger partial charge in [0.15, 0.2) is 0 Å². The highest BCUT2D eigenvalue weighted by molar-refractivity contribution is 8.00. The number of nitrogens with zero attached hydrogens (tertiary/aromatic N) is 2. The average molecular weight is 623 g/mol. The van der Waals surface area contributed by atoms with E-state index in [0.29, 0.717) is 27.5 Å². The number of hydrogen-bond donors (Lipinski definition) is 2. The van der Waals surface area contributed by atoms with Gasteiger partial charge < -0.3 is 15.4 Å². The predicted molar refractivity (Wildman–Crippen MR) is 170 cm³/mol. The first-order valence-electron chi connectivity index (χ1n) is 13.6. The third-order valence-electron chi connectivity index (χ3n) is 6.75. The van der Waals surface area contributed by atoms with E-state index in [-0.39, 0.29) is 23.5 Å². The quantitative estimate of drug-likeness (QED) is 0.103. The Morgan fingerprint density at radius 3 is 2.33 bits per heavy atom. The second kappa shape index (κ2) is 13.7. The van der Waals surface area contributed by atoms with E-state index >= 15 is 0 Å². The first-order valence-corrected chi connectivity index (χ1v) is 14.5. The number of nitrogens with one attached hydrogen (secondary N) is 2. The van der Waals surface area contributed by atoms with Crippen molar-refractivity contribution in [3.05, 3.63) is 130 Å². The molecule has 4 aromatic carbocycles. The smallest absolute Gasteiger partial charge is 0.272 e. The van der Waals surface area contributed by atoms with Gasteiger partial charge in [0.05, 0.1) is 23.0 Å². The summed E-state index contributed by atoms with van der Waals surface area (Å²) in [5.41, 5.74) is 1.55. The van der Waals surface area contributed by atoms with Crippen LogP contribution in [0.25, 0.3) is 6.08 Å². The van der Waals surface area contributed by atoms with Crippen molar-refractivity contribution in [3.63, 3.8) is 0 Å². The number of nitro groups is 1. The van der Waals surface area contributed by atoms with Crippen LogP contribution in [0.15, 0.2) is 114 Å². The van der Waals surface area contributed by atoms with Gasteiger partial charge in [-0.2, -0.15) is 0 Å². The molecule has 1 fully saturated rings. The SMILES string of the molecule is COc1ccc(/C=C(\NC(=O)c2ccccc2)C(=O)Nc2cccc(SC3CC(=O)N(c4ccc([N+](=O)[O-])cc4)C3=O)c2)cc1. The number of nitro benzene ring substituents is 1. The number of amides is 4. The van der Waals surface area contributed by atoms with Gasteiger partial charge in [-0.25, -0.2) is 4.90 Å². The van der Waals surface area contributed by atoms with Crippen molar-refractivity contribution in [2.24, 2.45) is 0 Å². The predicted octanol–water partition coefficient (Wildman–Crippen LogP) is 5.44. The Balaban J connectivity index is 1.31. The molecule has 12 heteroatoms. The zero-order chi connectivity index (χ0) is 31.9. The Bertz CT molecular complexity index is 1790. The van der Waals surface area contributed by atoms with Crippen LogP contribution in [-0.4, -0.2) is 40.9 Å². The Labute approximate surface area is 262 Å². The standard InChI is InChI=1S/C33H26N4O7S/c1-44-26-16-10-21(11-17-26)18-28(35-31(39)22-6-3-2-4-7-22)32(40)34-23-8-5-9-27(19-23)45-29-20-30(38)36(33(29)41)24-12-14-25(15-13-24)37(42)43/h2-19,29H,20H2,1H3,(H,34,40)(H,35,39)/b28-18-. The molecule has 0 radical (unpaired) electrons. The van der Waals surface area contributed by atoms with E-state index in [1.54, 1.807) is 92.0 Å². The molecule has 0 bridgehead atoms. The van der Waals surface area contributed by atoms with Crippen LogP contribution in [0.5, 0.6) is 5.75 Å². The molecule has 1 unspecified atom stereocenters. The Morgan fingerprint density at radius 1 is 0.956 bits per heavy atom. The molecule has 11 nitrogen and oxygen atoms in total.